The highest BCUT2D eigenvalue weighted by Gasteiger charge is 2.33. The van der Waals surface area contributed by atoms with Gasteiger partial charge in [-0.1, -0.05) is 0 Å². The van der Waals surface area contributed by atoms with Gasteiger partial charge in [0.05, 0.1) is 5.60 Å². The van der Waals surface area contributed by atoms with Crippen molar-refractivity contribution in [1.29, 1.82) is 0 Å². The third-order valence-corrected chi connectivity index (χ3v) is 3.67. The molecule has 2 atom stereocenters. The molecule has 1 unspecified atom stereocenters. The third-order valence-electron chi connectivity index (χ3n) is 3.67. The highest BCUT2D eigenvalue weighted by molar-refractivity contribution is 5.90. The molecule has 2 heterocycles. The van der Waals surface area contributed by atoms with Crippen molar-refractivity contribution < 1.29 is 14.7 Å². The van der Waals surface area contributed by atoms with E-state index < -0.39 is 5.60 Å². The summed E-state index contributed by atoms with van der Waals surface area (Å²) in [7, 11) is 0. The van der Waals surface area contributed by atoms with Crippen LogP contribution >= 0.6 is 0 Å². The van der Waals surface area contributed by atoms with E-state index in [1.165, 1.54) is 0 Å². The van der Waals surface area contributed by atoms with Crippen LogP contribution in [0.1, 0.15) is 39.0 Å². The molecule has 0 aromatic carbocycles. The summed E-state index contributed by atoms with van der Waals surface area (Å²) in [5.74, 6) is -0.0290. The summed E-state index contributed by atoms with van der Waals surface area (Å²) in [6, 6.07) is -0.342. The average Bonchev–Trinajstić information content (AvgIpc) is 2.60. The van der Waals surface area contributed by atoms with Crippen LogP contribution in [0.5, 0.6) is 0 Å². The minimum absolute atomic E-state index is 0.00792. The number of carbonyl (C=O) groups is 2. The fraction of sp³-hybridized carbons (Fsp3) is 0.833. The summed E-state index contributed by atoms with van der Waals surface area (Å²) in [6.07, 6.45) is 3.21. The molecule has 0 radical (unpaired) electrons. The summed E-state index contributed by atoms with van der Waals surface area (Å²) < 4.78 is 0. The molecule has 0 saturated carbocycles. The Labute approximate surface area is 101 Å². The van der Waals surface area contributed by atoms with Crippen LogP contribution < -0.4 is 5.32 Å². The summed E-state index contributed by atoms with van der Waals surface area (Å²) in [5.41, 5.74) is -0.659. The number of rotatable bonds is 1. The number of hydrogen-bond acceptors (Lipinski definition) is 3. The van der Waals surface area contributed by atoms with Crippen LogP contribution in [0.15, 0.2) is 0 Å². The van der Waals surface area contributed by atoms with E-state index in [0.717, 1.165) is 12.8 Å². The molecule has 2 N–H and O–H groups in total. The topological polar surface area (TPSA) is 69.6 Å². The molecular weight excluding hydrogens is 220 g/mol. The second kappa shape index (κ2) is 4.64. The van der Waals surface area contributed by atoms with Crippen molar-refractivity contribution in [2.75, 3.05) is 13.1 Å². The van der Waals surface area contributed by atoms with Crippen molar-refractivity contribution >= 4 is 11.8 Å². The maximum Gasteiger partial charge on any atom is 0.245 e. The van der Waals surface area contributed by atoms with Crippen LogP contribution in [0.3, 0.4) is 0 Å². The van der Waals surface area contributed by atoms with Crippen LogP contribution in [0, 0.1) is 0 Å². The SMILES string of the molecule is CC1(O)CCCN(C(=O)[C@@H]2CCC(=O)N2)CC1. The largest absolute Gasteiger partial charge is 0.390 e. The monoisotopic (exact) mass is 240 g/mol. The molecule has 2 aliphatic rings. The van der Waals surface area contributed by atoms with Crippen molar-refractivity contribution in [2.24, 2.45) is 0 Å². The van der Waals surface area contributed by atoms with Crippen LogP contribution in [0.25, 0.3) is 0 Å². The Morgan fingerprint density at radius 1 is 1.47 bits per heavy atom. The van der Waals surface area contributed by atoms with Gasteiger partial charge in [-0.25, -0.2) is 0 Å². The first-order chi connectivity index (χ1) is 7.98. The van der Waals surface area contributed by atoms with E-state index >= 15 is 0 Å². The van der Waals surface area contributed by atoms with Gasteiger partial charge in [0.15, 0.2) is 0 Å². The number of likely N-dealkylation sites (tertiary alicyclic amines) is 1. The van der Waals surface area contributed by atoms with Gasteiger partial charge in [-0.2, -0.15) is 0 Å². The minimum atomic E-state index is -0.659. The van der Waals surface area contributed by atoms with Gasteiger partial charge >= 0.3 is 0 Å². The van der Waals surface area contributed by atoms with Gasteiger partial charge in [0, 0.05) is 19.5 Å². The summed E-state index contributed by atoms with van der Waals surface area (Å²) in [4.78, 5) is 25.0. The van der Waals surface area contributed by atoms with Crippen LogP contribution in [-0.2, 0) is 9.59 Å². The lowest BCUT2D eigenvalue weighted by atomic mass is 9.98. The van der Waals surface area contributed by atoms with Crippen molar-refractivity contribution in [3.8, 4) is 0 Å². The fourth-order valence-electron chi connectivity index (χ4n) is 2.50. The van der Waals surface area contributed by atoms with Crippen molar-refractivity contribution in [2.45, 2.75) is 50.7 Å². The van der Waals surface area contributed by atoms with Crippen LogP contribution in [0.2, 0.25) is 0 Å². The molecule has 5 heteroatoms. The van der Waals surface area contributed by atoms with Crippen molar-refractivity contribution in [3.63, 3.8) is 0 Å². The molecule has 96 valence electrons. The smallest absolute Gasteiger partial charge is 0.245 e. The van der Waals surface area contributed by atoms with E-state index in [9.17, 15) is 14.7 Å². The van der Waals surface area contributed by atoms with Gasteiger partial charge in [-0.15, -0.1) is 0 Å². The minimum Gasteiger partial charge on any atom is -0.390 e. The van der Waals surface area contributed by atoms with E-state index in [1.54, 1.807) is 4.90 Å². The van der Waals surface area contributed by atoms with Crippen LogP contribution in [0.4, 0.5) is 0 Å². The van der Waals surface area contributed by atoms with Gasteiger partial charge in [-0.3, -0.25) is 9.59 Å². The van der Waals surface area contributed by atoms with Gasteiger partial charge in [0.25, 0.3) is 0 Å². The van der Waals surface area contributed by atoms with E-state index in [-0.39, 0.29) is 17.9 Å². The molecule has 2 rings (SSSR count). The van der Waals surface area contributed by atoms with E-state index in [2.05, 4.69) is 5.32 Å². The van der Waals surface area contributed by atoms with Crippen LogP contribution in [-0.4, -0.2) is 46.6 Å². The quantitative estimate of drug-likeness (QED) is 0.679. The molecule has 17 heavy (non-hydrogen) atoms. The Balaban J connectivity index is 1.93. The Morgan fingerprint density at radius 3 is 2.88 bits per heavy atom. The van der Waals surface area contributed by atoms with Gasteiger partial charge < -0.3 is 15.3 Å². The summed E-state index contributed by atoms with van der Waals surface area (Å²) in [6.45, 7) is 3.08. The van der Waals surface area contributed by atoms with Gasteiger partial charge in [0.2, 0.25) is 11.8 Å². The Morgan fingerprint density at radius 2 is 2.24 bits per heavy atom. The average molecular weight is 240 g/mol. The molecule has 0 aromatic rings. The lowest BCUT2D eigenvalue weighted by molar-refractivity contribution is -0.134. The molecule has 0 bridgehead atoms. The number of nitrogens with one attached hydrogen (secondary N) is 1. The maximum atomic E-state index is 12.1. The standard InChI is InChI=1S/C12H20N2O3/c1-12(17)5-2-7-14(8-6-12)11(16)9-3-4-10(15)13-9/h9,17H,2-8H2,1H3,(H,13,15)/t9-,12?/m0/s1. The van der Waals surface area contributed by atoms with E-state index in [0.29, 0.717) is 32.4 Å². The number of hydrogen-bond donors (Lipinski definition) is 2. The molecule has 2 aliphatic heterocycles. The highest BCUT2D eigenvalue weighted by atomic mass is 16.3. The summed E-state index contributed by atoms with van der Waals surface area (Å²) in [5, 5.41) is 12.7. The zero-order valence-electron chi connectivity index (χ0n) is 10.2. The first-order valence-electron chi connectivity index (χ1n) is 6.28. The zero-order chi connectivity index (χ0) is 12.5. The van der Waals surface area contributed by atoms with Gasteiger partial charge in [-0.05, 0) is 32.6 Å². The number of amides is 2. The van der Waals surface area contributed by atoms with Gasteiger partial charge in [0.1, 0.15) is 6.04 Å². The molecular formula is C12H20N2O3. The third kappa shape index (κ3) is 2.97. The Bertz CT molecular complexity index is 328. The van der Waals surface area contributed by atoms with Crippen molar-refractivity contribution in [1.82, 2.24) is 10.2 Å². The zero-order valence-corrected chi connectivity index (χ0v) is 10.2. The Kier molecular flexibility index (Phi) is 3.38. The first-order valence-corrected chi connectivity index (χ1v) is 6.28. The molecule has 2 fully saturated rings. The normalized spacial score (nSPS) is 34.4. The predicted molar refractivity (Wildman–Crippen MR) is 62.2 cm³/mol. The van der Waals surface area contributed by atoms with E-state index in [4.69, 9.17) is 0 Å². The first kappa shape index (κ1) is 12.4. The lowest BCUT2D eigenvalue weighted by Gasteiger charge is -2.24. The number of nitrogens with zero attached hydrogens (tertiary/aromatic N) is 1. The van der Waals surface area contributed by atoms with Crippen molar-refractivity contribution in [3.05, 3.63) is 0 Å². The molecule has 0 aromatic heterocycles. The molecule has 2 saturated heterocycles. The fourth-order valence-corrected chi connectivity index (χ4v) is 2.50. The lowest BCUT2D eigenvalue weighted by Crippen LogP contribution is -2.45. The maximum absolute atomic E-state index is 12.1. The molecule has 0 spiro atoms. The second-order valence-electron chi connectivity index (χ2n) is 5.33. The summed E-state index contributed by atoms with van der Waals surface area (Å²) >= 11 is 0. The highest BCUT2D eigenvalue weighted by Crippen LogP contribution is 2.22. The Hall–Kier alpha value is -1.10. The molecule has 2 amide bonds. The predicted octanol–water partition coefficient (Wildman–Crippen LogP) is 0.0285. The number of carbonyl (C=O) groups excluding carboxylic acids is 2. The second-order valence-corrected chi connectivity index (χ2v) is 5.33. The number of aliphatic hydroxyl groups is 1. The molecule has 0 aliphatic carbocycles. The van der Waals surface area contributed by atoms with E-state index in [1.807, 2.05) is 6.92 Å². The molecule has 5 nitrogen and oxygen atoms in total.